The topological polar surface area (TPSA) is 186 Å². The number of hydrogen-bond acceptors (Lipinski definition) is 9. The van der Waals surface area contributed by atoms with Crippen molar-refractivity contribution >= 4 is 40.4 Å². The van der Waals surface area contributed by atoms with Crippen LogP contribution >= 0.6 is 0 Å². The standard InChI is InChI=1S/C38H52N8O7/c1-9-11-26(31(47)34(49)40-22-12-13-22)42-33(48)28-19-24(21-45(28)35(50)32(37(2,3)4)43-36(51)44-38(5,6)7)53-29-20-30(46-17-10-16-39-46)41-27-18-23(52-8)14-15-25(27)29/h10,14-18,20,22,24,26,28,32H,9,11-13,19,21H2,1-8H3,(H,40,49)(H,42,48)(H2,43,44,51)/t24?,26-,28+,32-/m1/s1. The van der Waals surface area contributed by atoms with Crippen molar-refractivity contribution in [1.29, 1.82) is 0 Å². The first-order chi connectivity index (χ1) is 25.0. The van der Waals surface area contributed by atoms with E-state index in [0.717, 1.165) is 12.8 Å². The molecule has 1 aliphatic heterocycles. The maximum Gasteiger partial charge on any atom is 0.315 e. The predicted octanol–water partition coefficient (Wildman–Crippen LogP) is 3.42. The maximum atomic E-state index is 14.6. The summed E-state index contributed by atoms with van der Waals surface area (Å²) in [5, 5.41) is 16.2. The molecule has 5 rings (SSSR count). The molecule has 286 valence electrons. The molecule has 5 amide bonds. The van der Waals surface area contributed by atoms with Crippen LogP contribution in [0.3, 0.4) is 0 Å². The highest BCUT2D eigenvalue weighted by Crippen LogP contribution is 2.34. The van der Waals surface area contributed by atoms with E-state index < -0.39 is 64.7 Å². The number of fused-ring (bicyclic) bond motifs is 1. The highest BCUT2D eigenvalue weighted by molar-refractivity contribution is 6.38. The van der Waals surface area contributed by atoms with Crippen molar-refractivity contribution in [3.8, 4) is 17.3 Å². The third kappa shape index (κ3) is 9.82. The number of carbonyl (C=O) groups is 5. The number of urea groups is 1. The quantitative estimate of drug-likeness (QED) is 0.191. The minimum atomic E-state index is -1.08. The Balaban J connectivity index is 1.48. The molecule has 1 unspecified atom stereocenters. The molecule has 0 radical (unpaired) electrons. The van der Waals surface area contributed by atoms with Gasteiger partial charge < -0.3 is 35.6 Å². The van der Waals surface area contributed by atoms with Crippen LogP contribution in [0.2, 0.25) is 0 Å². The van der Waals surface area contributed by atoms with Crippen LogP contribution < -0.4 is 30.7 Å². The van der Waals surface area contributed by atoms with E-state index in [-0.39, 0.29) is 25.4 Å². The first kappa shape index (κ1) is 39.0. The highest BCUT2D eigenvalue weighted by atomic mass is 16.5. The number of nitrogens with one attached hydrogen (secondary N) is 4. The van der Waals surface area contributed by atoms with E-state index in [0.29, 0.717) is 34.6 Å². The minimum absolute atomic E-state index is 0.00228. The molecule has 15 nitrogen and oxygen atoms in total. The number of nitrogens with zero attached hydrogens (tertiary/aromatic N) is 4. The average molecular weight is 733 g/mol. The summed E-state index contributed by atoms with van der Waals surface area (Å²) in [7, 11) is 1.57. The Morgan fingerprint density at radius 2 is 1.75 bits per heavy atom. The van der Waals surface area contributed by atoms with Gasteiger partial charge in [-0.15, -0.1) is 0 Å². The predicted molar refractivity (Wildman–Crippen MR) is 198 cm³/mol. The second kappa shape index (κ2) is 15.8. The number of methoxy groups -OCH3 is 1. The first-order valence-electron chi connectivity index (χ1n) is 18.2. The number of pyridine rings is 1. The summed E-state index contributed by atoms with van der Waals surface area (Å²) in [6, 6.07) is 5.17. The lowest BCUT2D eigenvalue weighted by atomic mass is 9.85. The Labute approximate surface area is 309 Å². The second-order valence-electron chi connectivity index (χ2n) is 15.9. The van der Waals surface area contributed by atoms with Crippen molar-refractivity contribution in [3.05, 3.63) is 42.7 Å². The summed E-state index contributed by atoms with van der Waals surface area (Å²) in [6.07, 6.45) is 5.17. The normalized spacial score (nSPS) is 18.5. The number of Topliss-reactive ketones (excluding diaryl/α,β-unsaturated/α-hetero) is 1. The number of aromatic nitrogens is 3. The van der Waals surface area contributed by atoms with Gasteiger partial charge in [0.15, 0.2) is 5.82 Å². The van der Waals surface area contributed by atoms with Gasteiger partial charge in [0.1, 0.15) is 29.7 Å². The van der Waals surface area contributed by atoms with Gasteiger partial charge in [0, 0.05) is 47.9 Å². The molecule has 0 spiro atoms. The van der Waals surface area contributed by atoms with E-state index in [4.69, 9.17) is 14.5 Å². The number of benzene rings is 1. The monoisotopic (exact) mass is 732 g/mol. The van der Waals surface area contributed by atoms with Gasteiger partial charge in [-0.1, -0.05) is 34.1 Å². The van der Waals surface area contributed by atoms with Crippen LogP contribution in [-0.4, -0.2) is 98.7 Å². The Bertz CT molecular complexity index is 1830. The number of amides is 5. The largest absolute Gasteiger partial charge is 0.497 e. The molecule has 0 bridgehead atoms. The third-order valence-corrected chi connectivity index (χ3v) is 9.07. The summed E-state index contributed by atoms with van der Waals surface area (Å²) in [4.78, 5) is 74.0. The zero-order chi connectivity index (χ0) is 38.7. The molecule has 4 atom stereocenters. The number of rotatable bonds is 13. The van der Waals surface area contributed by atoms with E-state index in [1.54, 1.807) is 48.5 Å². The molecule has 3 aromatic rings. The molecular weight excluding hydrogens is 680 g/mol. The molecule has 3 heterocycles. The molecule has 1 aromatic carbocycles. The number of carbonyl (C=O) groups excluding carboxylic acids is 5. The summed E-state index contributed by atoms with van der Waals surface area (Å²) in [5.41, 5.74) is -0.740. The number of likely N-dealkylation sites (tertiary alicyclic amines) is 1. The average Bonchev–Trinajstić information content (AvgIpc) is 3.53. The van der Waals surface area contributed by atoms with E-state index >= 15 is 0 Å². The van der Waals surface area contributed by atoms with Gasteiger partial charge in [0.2, 0.25) is 17.6 Å². The van der Waals surface area contributed by atoms with Crippen LogP contribution in [0, 0.1) is 5.41 Å². The van der Waals surface area contributed by atoms with Crippen molar-refractivity contribution in [3.63, 3.8) is 0 Å². The lowest BCUT2D eigenvalue weighted by molar-refractivity contribution is -0.144. The third-order valence-electron chi connectivity index (χ3n) is 9.07. The van der Waals surface area contributed by atoms with Crippen molar-refractivity contribution in [2.45, 2.75) is 116 Å². The van der Waals surface area contributed by atoms with E-state index in [1.807, 2.05) is 54.5 Å². The van der Waals surface area contributed by atoms with Crippen molar-refractivity contribution < 1.29 is 33.4 Å². The maximum absolute atomic E-state index is 14.6. The molecule has 4 N–H and O–H groups in total. The fourth-order valence-electron chi connectivity index (χ4n) is 6.25. The van der Waals surface area contributed by atoms with Gasteiger partial charge in [-0.2, -0.15) is 5.10 Å². The van der Waals surface area contributed by atoms with Crippen molar-refractivity contribution in [2.24, 2.45) is 5.41 Å². The van der Waals surface area contributed by atoms with Crippen LogP contribution in [0.5, 0.6) is 11.5 Å². The van der Waals surface area contributed by atoms with E-state index in [9.17, 15) is 24.0 Å². The summed E-state index contributed by atoms with van der Waals surface area (Å²) in [6.45, 7) is 12.8. The van der Waals surface area contributed by atoms with E-state index in [2.05, 4.69) is 26.4 Å². The van der Waals surface area contributed by atoms with E-state index in [1.165, 1.54) is 4.90 Å². The van der Waals surface area contributed by atoms with Gasteiger partial charge in [-0.25, -0.2) is 14.5 Å². The van der Waals surface area contributed by atoms with Gasteiger partial charge in [-0.3, -0.25) is 19.2 Å². The Morgan fingerprint density at radius 3 is 2.36 bits per heavy atom. The summed E-state index contributed by atoms with van der Waals surface area (Å²) >= 11 is 0. The lowest BCUT2D eigenvalue weighted by Crippen LogP contribution is -2.61. The van der Waals surface area contributed by atoms with Crippen LogP contribution in [0.25, 0.3) is 16.7 Å². The SMILES string of the molecule is CCC[C@@H](NC(=O)[C@@H]1CC(Oc2cc(-n3cccn3)nc3cc(OC)ccc23)CN1C(=O)[C@@H](NC(=O)NC(C)(C)C)C(C)(C)C)C(=O)C(=O)NC1CC1. The second-order valence-corrected chi connectivity index (χ2v) is 15.9. The van der Waals surface area contributed by atoms with Crippen molar-refractivity contribution in [2.75, 3.05) is 13.7 Å². The molecule has 15 heteroatoms. The van der Waals surface area contributed by atoms with Crippen LogP contribution in [-0.2, 0) is 19.2 Å². The Morgan fingerprint density at radius 1 is 1.02 bits per heavy atom. The summed E-state index contributed by atoms with van der Waals surface area (Å²) < 4.78 is 13.7. The smallest absolute Gasteiger partial charge is 0.315 e. The highest BCUT2D eigenvalue weighted by Gasteiger charge is 2.47. The van der Waals surface area contributed by atoms with Crippen molar-refractivity contribution in [1.82, 2.24) is 40.9 Å². The van der Waals surface area contributed by atoms with Gasteiger partial charge in [0.05, 0.1) is 25.2 Å². The zero-order valence-corrected chi connectivity index (χ0v) is 31.8. The van der Waals surface area contributed by atoms with Gasteiger partial charge >= 0.3 is 6.03 Å². The van der Waals surface area contributed by atoms with Gasteiger partial charge in [-0.05, 0) is 63.6 Å². The summed E-state index contributed by atoms with van der Waals surface area (Å²) in [5.74, 6) is -1.01. The molecule has 1 saturated carbocycles. The molecular formula is C38H52N8O7. The molecule has 1 saturated heterocycles. The Kier molecular flexibility index (Phi) is 11.6. The number of ketones is 1. The number of ether oxygens (including phenoxy) is 2. The molecule has 2 fully saturated rings. The van der Waals surface area contributed by atoms with Crippen LogP contribution in [0.1, 0.15) is 80.6 Å². The van der Waals surface area contributed by atoms with Crippen LogP contribution in [0.15, 0.2) is 42.7 Å². The zero-order valence-electron chi connectivity index (χ0n) is 31.8. The molecule has 53 heavy (non-hydrogen) atoms. The lowest BCUT2D eigenvalue weighted by Gasteiger charge is -2.36. The van der Waals surface area contributed by atoms with Crippen LogP contribution in [0.4, 0.5) is 4.79 Å². The fourth-order valence-corrected chi connectivity index (χ4v) is 6.25. The van der Waals surface area contributed by atoms with Gasteiger partial charge in [0.25, 0.3) is 5.91 Å². The molecule has 2 aromatic heterocycles. The molecule has 2 aliphatic rings. The molecule has 1 aliphatic carbocycles. The fraction of sp³-hybridized carbons (Fsp3) is 0.553. The Hall–Kier alpha value is -5.21. The minimum Gasteiger partial charge on any atom is -0.497 e. The number of hydrogen-bond donors (Lipinski definition) is 4. The first-order valence-corrected chi connectivity index (χ1v) is 18.2.